The number of rotatable bonds is 9. The first-order valence-electron chi connectivity index (χ1n) is 11.4. The van der Waals surface area contributed by atoms with E-state index in [4.69, 9.17) is 4.74 Å². The lowest BCUT2D eigenvalue weighted by Gasteiger charge is -2.24. The largest absolute Gasteiger partial charge is 0.444 e. The number of alkyl carbamates (subject to hydrolysis) is 1. The third-order valence-electron chi connectivity index (χ3n) is 5.06. The molecule has 1 aliphatic heterocycles. The van der Waals surface area contributed by atoms with E-state index < -0.39 is 11.7 Å². The quantitative estimate of drug-likeness (QED) is 0.240. The third-order valence-corrected chi connectivity index (χ3v) is 5.06. The predicted molar refractivity (Wildman–Crippen MR) is 142 cm³/mol. The molecule has 1 saturated heterocycles. The molecule has 1 amide bonds. The van der Waals surface area contributed by atoms with Crippen LogP contribution < -0.4 is 20.9 Å². The lowest BCUT2D eigenvalue weighted by molar-refractivity contribution is 0.0523. The minimum absolute atomic E-state index is 0. The van der Waals surface area contributed by atoms with E-state index in [9.17, 15) is 4.79 Å². The van der Waals surface area contributed by atoms with E-state index in [-0.39, 0.29) is 30.0 Å². The number of nitrogens with one attached hydrogen (secondary N) is 3. The number of hydrogen-bond acceptors (Lipinski definition) is 5. The number of guanidine groups is 1. The van der Waals surface area contributed by atoms with Gasteiger partial charge in [0.25, 0.3) is 0 Å². The standard InChI is InChI=1S/C23H40N6O2.HI/c1-6-7-10-19(17-27-22(30)31-23(2,3)4)28-21(24-5)26-16-18-11-12-20(25-15-18)29-13-8-9-14-29;/h11-12,15,19H,6-10,13-14,16-17H2,1-5H3,(H,27,30)(H2,24,26,28);1H. The molecule has 2 heterocycles. The molecule has 32 heavy (non-hydrogen) atoms. The molecule has 0 aliphatic carbocycles. The molecule has 1 aromatic rings. The molecule has 0 bridgehead atoms. The van der Waals surface area contributed by atoms with E-state index >= 15 is 0 Å². The van der Waals surface area contributed by atoms with Crippen molar-refractivity contribution in [2.75, 3.05) is 31.6 Å². The van der Waals surface area contributed by atoms with Gasteiger partial charge in [-0.2, -0.15) is 0 Å². The van der Waals surface area contributed by atoms with Crippen molar-refractivity contribution in [2.45, 2.75) is 78.0 Å². The number of nitrogens with zero attached hydrogens (tertiary/aromatic N) is 3. The smallest absolute Gasteiger partial charge is 0.407 e. The molecule has 1 fully saturated rings. The second kappa shape index (κ2) is 14.4. The molecular formula is C23H41IN6O2. The Morgan fingerprint density at radius 2 is 1.97 bits per heavy atom. The number of aliphatic imine (C=N–C) groups is 1. The predicted octanol–water partition coefficient (Wildman–Crippen LogP) is 4.05. The summed E-state index contributed by atoms with van der Waals surface area (Å²) in [6.45, 7) is 11.0. The number of unbranched alkanes of at least 4 members (excludes halogenated alkanes) is 1. The van der Waals surface area contributed by atoms with Crippen molar-refractivity contribution in [1.82, 2.24) is 20.9 Å². The number of carbonyl (C=O) groups is 1. The molecule has 1 aliphatic rings. The number of hydrogen-bond donors (Lipinski definition) is 3. The Kier molecular flexibility index (Phi) is 12.7. The molecule has 0 spiro atoms. The molecule has 1 atom stereocenters. The van der Waals surface area contributed by atoms with E-state index in [0.29, 0.717) is 19.0 Å². The molecule has 1 unspecified atom stereocenters. The molecule has 3 N–H and O–H groups in total. The second-order valence-electron chi connectivity index (χ2n) is 9.01. The highest BCUT2D eigenvalue weighted by Crippen LogP contribution is 2.17. The maximum atomic E-state index is 12.0. The monoisotopic (exact) mass is 560 g/mol. The average Bonchev–Trinajstić information content (AvgIpc) is 3.26. The summed E-state index contributed by atoms with van der Waals surface area (Å²) in [7, 11) is 1.75. The van der Waals surface area contributed by atoms with E-state index in [1.54, 1.807) is 7.05 Å². The first-order valence-corrected chi connectivity index (χ1v) is 11.4. The van der Waals surface area contributed by atoms with Gasteiger partial charge in [-0.1, -0.05) is 25.8 Å². The zero-order valence-electron chi connectivity index (χ0n) is 20.2. The van der Waals surface area contributed by atoms with Gasteiger partial charge in [0.2, 0.25) is 0 Å². The van der Waals surface area contributed by atoms with Gasteiger partial charge in [0.1, 0.15) is 11.4 Å². The summed E-state index contributed by atoms with van der Waals surface area (Å²) in [6.07, 6.45) is 7.09. The molecule has 0 saturated carbocycles. The lowest BCUT2D eigenvalue weighted by Crippen LogP contribution is -2.48. The van der Waals surface area contributed by atoms with Gasteiger partial charge in [-0.15, -0.1) is 24.0 Å². The number of pyridine rings is 1. The fourth-order valence-electron chi connectivity index (χ4n) is 3.42. The minimum atomic E-state index is -0.508. The minimum Gasteiger partial charge on any atom is -0.444 e. The Bertz CT molecular complexity index is 699. The van der Waals surface area contributed by atoms with Crippen molar-refractivity contribution >= 4 is 41.8 Å². The fourth-order valence-corrected chi connectivity index (χ4v) is 3.42. The lowest BCUT2D eigenvalue weighted by atomic mass is 10.1. The van der Waals surface area contributed by atoms with Crippen molar-refractivity contribution in [3.63, 3.8) is 0 Å². The second-order valence-corrected chi connectivity index (χ2v) is 9.01. The van der Waals surface area contributed by atoms with Gasteiger partial charge in [0, 0.05) is 45.5 Å². The van der Waals surface area contributed by atoms with Crippen LogP contribution in [0.5, 0.6) is 0 Å². The van der Waals surface area contributed by atoms with Crippen LogP contribution in [0.2, 0.25) is 0 Å². The van der Waals surface area contributed by atoms with Crippen molar-refractivity contribution in [1.29, 1.82) is 0 Å². The zero-order valence-corrected chi connectivity index (χ0v) is 22.6. The highest BCUT2D eigenvalue weighted by Gasteiger charge is 2.18. The Balaban J connectivity index is 0.00000512. The Morgan fingerprint density at radius 3 is 2.53 bits per heavy atom. The number of aromatic nitrogens is 1. The Hall–Kier alpha value is -1.78. The molecule has 0 radical (unpaired) electrons. The van der Waals surface area contributed by atoms with Crippen LogP contribution in [0, 0.1) is 0 Å². The molecular weight excluding hydrogens is 519 g/mol. The topological polar surface area (TPSA) is 90.9 Å². The third kappa shape index (κ3) is 10.7. The van der Waals surface area contributed by atoms with Gasteiger partial charge in [-0.05, 0) is 51.7 Å². The molecule has 2 rings (SSSR count). The zero-order chi connectivity index (χ0) is 22.7. The summed E-state index contributed by atoms with van der Waals surface area (Å²) < 4.78 is 5.34. The van der Waals surface area contributed by atoms with E-state index in [1.807, 2.05) is 27.0 Å². The summed E-state index contributed by atoms with van der Waals surface area (Å²) in [5, 5.41) is 9.64. The number of ether oxygens (including phenoxy) is 1. The summed E-state index contributed by atoms with van der Waals surface area (Å²) in [5.41, 5.74) is 0.592. The van der Waals surface area contributed by atoms with E-state index in [0.717, 1.165) is 43.7 Å². The molecule has 0 aromatic carbocycles. The summed E-state index contributed by atoms with van der Waals surface area (Å²) in [5.74, 6) is 1.76. The van der Waals surface area contributed by atoms with Crippen LogP contribution in [0.1, 0.15) is 65.4 Å². The van der Waals surface area contributed by atoms with Crippen molar-refractivity contribution in [3.8, 4) is 0 Å². The maximum Gasteiger partial charge on any atom is 0.407 e. The summed E-state index contributed by atoms with van der Waals surface area (Å²) in [4.78, 5) is 23.3. The van der Waals surface area contributed by atoms with Crippen LogP contribution >= 0.6 is 24.0 Å². The molecule has 9 heteroatoms. The van der Waals surface area contributed by atoms with Crippen LogP contribution in [0.15, 0.2) is 23.3 Å². The molecule has 182 valence electrons. The van der Waals surface area contributed by atoms with Crippen molar-refractivity contribution in [2.24, 2.45) is 4.99 Å². The number of halogens is 1. The highest BCUT2D eigenvalue weighted by molar-refractivity contribution is 14.0. The van der Waals surface area contributed by atoms with Crippen molar-refractivity contribution in [3.05, 3.63) is 23.9 Å². The van der Waals surface area contributed by atoms with Crippen LogP contribution in [0.25, 0.3) is 0 Å². The van der Waals surface area contributed by atoms with Gasteiger partial charge in [0.15, 0.2) is 5.96 Å². The summed E-state index contributed by atoms with van der Waals surface area (Å²) in [6, 6.07) is 4.27. The van der Waals surface area contributed by atoms with Crippen LogP contribution in [-0.4, -0.2) is 55.4 Å². The first kappa shape index (κ1) is 28.3. The molecule has 8 nitrogen and oxygen atoms in total. The van der Waals surface area contributed by atoms with Gasteiger partial charge in [-0.25, -0.2) is 9.78 Å². The van der Waals surface area contributed by atoms with Gasteiger partial charge in [0.05, 0.1) is 0 Å². The van der Waals surface area contributed by atoms with E-state index in [1.165, 1.54) is 12.8 Å². The van der Waals surface area contributed by atoms with Gasteiger partial charge < -0.3 is 25.6 Å². The number of carbonyl (C=O) groups excluding carboxylic acids is 1. The van der Waals surface area contributed by atoms with Crippen molar-refractivity contribution < 1.29 is 9.53 Å². The van der Waals surface area contributed by atoms with Gasteiger partial charge >= 0.3 is 6.09 Å². The van der Waals surface area contributed by atoms with Crippen LogP contribution in [0.3, 0.4) is 0 Å². The summed E-state index contributed by atoms with van der Waals surface area (Å²) >= 11 is 0. The van der Waals surface area contributed by atoms with E-state index in [2.05, 4.69) is 49.9 Å². The Morgan fingerprint density at radius 1 is 1.25 bits per heavy atom. The van der Waals surface area contributed by atoms with Crippen LogP contribution in [-0.2, 0) is 11.3 Å². The SMILES string of the molecule is CCCCC(CNC(=O)OC(C)(C)C)NC(=NC)NCc1ccc(N2CCCC2)nc1.I. The first-order chi connectivity index (χ1) is 14.8. The number of anilines is 1. The average molecular weight is 561 g/mol. The van der Waals surface area contributed by atoms with Crippen LogP contribution in [0.4, 0.5) is 10.6 Å². The maximum absolute atomic E-state index is 12.0. The Labute approximate surface area is 210 Å². The number of amides is 1. The fraction of sp³-hybridized carbons (Fsp3) is 0.696. The molecule has 1 aromatic heterocycles. The highest BCUT2D eigenvalue weighted by atomic mass is 127. The normalized spacial score (nSPS) is 15.0. The van der Waals surface area contributed by atoms with Gasteiger partial charge in [-0.3, -0.25) is 4.99 Å².